The third-order valence-corrected chi connectivity index (χ3v) is 6.16. The van der Waals surface area contributed by atoms with Crippen molar-refractivity contribution in [2.45, 2.75) is 32.7 Å². The first kappa shape index (κ1) is 24.1. The number of amides is 3. The smallest absolute Gasteiger partial charge is 0.323 e. The van der Waals surface area contributed by atoms with Crippen molar-refractivity contribution in [1.29, 1.82) is 0 Å². The maximum absolute atomic E-state index is 12.9. The molecule has 1 fully saturated rings. The number of hydrogen-bond acceptors (Lipinski definition) is 4. The van der Waals surface area contributed by atoms with Gasteiger partial charge in [0, 0.05) is 30.9 Å². The topological polar surface area (TPSA) is 82.7 Å². The first-order valence-corrected chi connectivity index (χ1v) is 12.0. The third-order valence-electron chi connectivity index (χ3n) is 6.16. The summed E-state index contributed by atoms with van der Waals surface area (Å²) >= 11 is 0. The van der Waals surface area contributed by atoms with Crippen LogP contribution in [0.5, 0.6) is 5.75 Å². The van der Waals surface area contributed by atoms with Crippen molar-refractivity contribution in [3.63, 3.8) is 0 Å². The van der Waals surface area contributed by atoms with Crippen molar-refractivity contribution in [3.05, 3.63) is 83.4 Å². The Bertz CT molecular complexity index is 1170. The second-order valence-corrected chi connectivity index (χ2v) is 8.59. The van der Waals surface area contributed by atoms with E-state index in [-0.39, 0.29) is 11.9 Å². The molecule has 3 amide bonds. The number of urea groups is 1. The van der Waals surface area contributed by atoms with Crippen LogP contribution in [0.15, 0.2) is 66.7 Å². The Balaban J connectivity index is 1.48. The van der Waals surface area contributed by atoms with Gasteiger partial charge in [0.1, 0.15) is 5.75 Å². The second kappa shape index (κ2) is 11.4. The molecule has 4 rings (SSSR count). The van der Waals surface area contributed by atoms with Gasteiger partial charge in [0.05, 0.1) is 18.5 Å². The van der Waals surface area contributed by atoms with Crippen LogP contribution >= 0.6 is 0 Å². The van der Waals surface area contributed by atoms with Gasteiger partial charge in [0.25, 0.3) is 5.91 Å². The number of hydrogen-bond donors (Lipinski definition) is 3. The maximum Gasteiger partial charge on any atom is 0.323 e. The SMILES string of the molecule is CCc1ccc(NC(=O)Nc2cc(C(=O)NCc3cccc(OC)c3)ccc2N2CCCC2)cc1. The van der Waals surface area contributed by atoms with Crippen molar-refractivity contribution in [2.24, 2.45) is 0 Å². The molecule has 35 heavy (non-hydrogen) atoms. The zero-order valence-electron chi connectivity index (χ0n) is 20.3. The summed E-state index contributed by atoms with van der Waals surface area (Å²) in [5, 5.41) is 8.80. The van der Waals surface area contributed by atoms with Gasteiger partial charge in [0.15, 0.2) is 0 Å². The molecule has 0 aromatic heterocycles. The van der Waals surface area contributed by atoms with E-state index in [4.69, 9.17) is 4.74 Å². The van der Waals surface area contributed by atoms with Crippen LogP contribution in [0.4, 0.5) is 21.9 Å². The molecule has 0 unspecified atom stereocenters. The molecule has 1 saturated heterocycles. The zero-order valence-corrected chi connectivity index (χ0v) is 20.3. The molecule has 0 spiro atoms. The molecule has 1 heterocycles. The monoisotopic (exact) mass is 472 g/mol. The van der Waals surface area contributed by atoms with Crippen LogP contribution in [-0.2, 0) is 13.0 Å². The van der Waals surface area contributed by atoms with Crippen molar-refractivity contribution >= 4 is 29.0 Å². The quantitative estimate of drug-likeness (QED) is 0.408. The molecule has 0 radical (unpaired) electrons. The molecule has 1 aliphatic heterocycles. The summed E-state index contributed by atoms with van der Waals surface area (Å²) < 4.78 is 5.25. The molecule has 3 aromatic rings. The number of ether oxygens (including phenoxy) is 1. The van der Waals surface area contributed by atoms with Crippen LogP contribution in [0.25, 0.3) is 0 Å². The number of methoxy groups -OCH3 is 1. The van der Waals surface area contributed by atoms with E-state index in [9.17, 15) is 9.59 Å². The van der Waals surface area contributed by atoms with Gasteiger partial charge in [-0.2, -0.15) is 0 Å². The van der Waals surface area contributed by atoms with E-state index in [1.54, 1.807) is 19.2 Å². The van der Waals surface area contributed by atoms with Crippen LogP contribution in [0.3, 0.4) is 0 Å². The van der Waals surface area contributed by atoms with Crippen LogP contribution in [0.2, 0.25) is 0 Å². The number of benzene rings is 3. The average Bonchev–Trinajstić information content (AvgIpc) is 3.42. The summed E-state index contributed by atoms with van der Waals surface area (Å²) in [5.41, 5.74) is 4.89. The first-order valence-electron chi connectivity index (χ1n) is 12.0. The lowest BCUT2D eigenvalue weighted by atomic mass is 10.1. The fraction of sp³-hybridized carbons (Fsp3) is 0.286. The number of aryl methyl sites for hydroxylation is 1. The van der Waals surface area contributed by atoms with Crippen LogP contribution in [0.1, 0.15) is 41.3 Å². The van der Waals surface area contributed by atoms with Gasteiger partial charge in [-0.25, -0.2) is 4.79 Å². The maximum atomic E-state index is 12.9. The summed E-state index contributed by atoms with van der Waals surface area (Å²) in [5.74, 6) is 0.535. The molecule has 3 aromatic carbocycles. The number of nitrogens with zero attached hydrogens (tertiary/aromatic N) is 1. The lowest BCUT2D eigenvalue weighted by molar-refractivity contribution is 0.0951. The van der Waals surface area contributed by atoms with Gasteiger partial charge in [-0.05, 0) is 72.9 Å². The predicted molar refractivity (Wildman–Crippen MR) is 141 cm³/mol. The van der Waals surface area contributed by atoms with E-state index in [0.717, 1.165) is 55.0 Å². The second-order valence-electron chi connectivity index (χ2n) is 8.59. The fourth-order valence-electron chi connectivity index (χ4n) is 4.19. The zero-order chi connectivity index (χ0) is 24.6. The van der Waals surface area contributed by atoms with Gasteiger partial charge in [0.2, 0.25) is 0 Å². The fourth-order valence-corrected chi connectivity index (χ4v) is 4.19. The predicted octanol–water partition coefficient (Wildman–Crippen LogP) is 5.43. The lowest BCUT2D eigenvalue weighted by Crippen LogP contribution is -2.26. The third kappa shape index (κ3) is 6.32. The van der Waals surface area contributed by atoms with Gasteiger partial charge in [-0.15, -0.1) is 0 Å². The molecular formula is C28H32N4O3. The van der Waals surface area contributed by atoms with Crippen LogP contribution in [-0.4, -0.2) is 32.1 Å². The number of carbonyl (C=O) groups excluding carboxylic acids is 2. The molecule has 3 N–H and O–H groups in total. The number of nitrogens with one attached hydrogen (secondary N) is 3. The Morgan fingerprint density at radius 1 is 0.914 bits per heavy atom. The van der Waals surface area contributed by atoms with Crippen LogP contribution in [0, 0.1) is 0 Å². The van der Waals surface area contributed by atoms with Gasteiger partial charge in [-0.3, -0.25) is 4.79 Å². The number of carbonyl (C=O) groups is 2. The highest BCUT2D eigenvalue weighted by molar-refractivity contribution is 6.04. The van der Waals surface area contributed by atoms with E-state index in [2.05, 4.69) is 27.8 Å². The summed E-state index contributed by atoms with van der Waals surface area (Å²) in [6, 6.07) is 20.5. The minimum atomic E-state index is -0.344. The normalized spacial score (nSPS) is 12.8. The Labute approximate surface area is 206 Å². The van der Waals surface area contributed by atoms with Gasteiger partial charge in [-0.1, -0.05) is 31.2 Å². The van der Waals surface area contributed by atoms with Crippen LogP contribution < -0.4 is 25.6 Å². The summed E-state index contributed by atoms with van der Waals surface area (Å²) in [6.07, 6.45) is 3.16. The molecule has 0 aliphatic carbocycles. The largest absolute Gasteiger partial charge is 0.497 e. The van der Waals surface area contributed by atoms with Gasteiger partial charge >= 0.3 is 6.03 Å². The molecule has 0 bridgehead atoms. The molecule has 0 saturated carbocycles. The minimum Gasteiger partial charge on any atom is -0.497 e. The molecular weight excluding hydrogens is 440 g/mol. The highest BCUT2D eigenvalue weighted by atomic mass is 16.5. The minimum absolute atomic E-state index is 0.209. The van der Waals surface area contributed by atoms with Crippen molar-refractivity contribution < 1.29 is 14.3 Å². The molecule has 182 valence electrons. The van der Waals surface area contributed by atoms with E-state index >= 15 is 0 Å². The Morgan fingerprint density at radius 3 is 2.40 bits per heavy atom. The molecule has 7 nitrogen and oxygen atoms in total. The standard InChI is InChI=1S/C28H32N4O3/c1-3-20-9-12-23(13-10-20)30-28(34)31-25-18-22(11-14-26(25)32-15-4-5-16-32)27(33)29-19-21-7-6-8-24(17-21)35-2/h6-14,17-18H,3-5,15-16,19H2,1-2H3,(H,29,33)(H2,30,31,34). The van der Waals surface area contributed by atoms with E-state index in [1.165, 1.54) is 5.56 Å². The Hall–Kier alpha value is -4.00. The molecule has 1 aliphatic rings. The average molecular weight is 473 g/mol. The highest BCUT2D eigenvalue weighted by Crippen LogP contribution is 2.30. The number of rotatable bonds is 8. The molecule has 0 atom stereocenters. The van der Waals surface area contributed by atoms with E-state index in [1.807, 2.05) is 54.6 Å². The lowest BCUT2D eigenvalue weighted by Gasteiger charge is -2.22. The summed E-state index contributed by atoms with van der Waals surface area (Å²) in [4.78, 5) is 28.0. The van der Waals surface area contributed by atoms with E-state index < -0.39 is 0 Å². The number of anilines is 3. The summed E-state index contributed by atoms with van der Waals surface area (Å²) in [6.45, 7) is 4.32. The Kier molecular flexibility index (Phi) is 7.88. The van der Waals surface area contributed by atoms with E-state index in [0.29, 0.717) is 17.8 Å². The highest BCUT2D eigenvalue weighted by Gasteiger charge is 2.19. The molecule has 7 heteroatoms. The van der Waals surface area contributed by atoms with Crippen molar-refractivity contribution in [1.82, 2.24) is 5.32 Å². The van der Waals surface area contributed by atoms with Crippen molar-refractivity contribution in [3.8, 4) is 5.75 Å². The first-order chi connectivity index (χ1) is 17.1. The van der Waals surface area contributed by atoms with Crippen molar-refractivity contribution in [2.75, 3.05) is 35.7 Å². The van der Waals surface area contributed by atoms with Gasteiger partial charge < -0.3 is 25.6 Å². The summed E-state index contributed by atoms with van der Waals surface area (Å²) in [7, 11) is 1.62. The Morgan fingerprint density at radius 2 is 1.69 bits per heavy atom.